The van der Waals surface area contributed by atoms with Crippen molar-refractivity contribution < 1.29 is 49.4 Å². The SMILES string of the molecule is O=C([O-])c1ccccc1-c1ccccc1C(=O)O.[Na+]. The summed E-state index contributed by atoms with van der Waals surface area (Å²) in [5, 5.41) is 20.1. The summed E-state index contributed by atoms with van der Waals surface area (Å²) in [5.74, 6) is -2.43. The Bertz CT molecular complexity index is 567. The minimum atomic E-state index is -1.33. The van der Waals surface area contributed by atoms with Crippen molar-refractivity contribution in [1.29, 1.82) is 0 Å². The summed E-state index contributed by atoms with van der Waals surface area (Å²) in [6.07, 6.45) is 0. The van der Waals surface area contributed by atoms with Crippen molar-refractivity contribution in [3.63, 3.8) is 0 Å². The Labute approximate surface area is 132 Å². The summed E-state index contributed by atoms with van der Waals surface area (Å²) >= 11 is 0. The van der Waals surface area contributed by atoms with E-state index in [4.69, 9.17) is 5.11 Å². The number of rotatable bonds is 3. The van der Waals surface area contributed by atoms with Gasteiger partial charge < -0.3 is 15.0 Å². The number of carboxylic acid groups (broad SMARTS) is 2. The molecule has 5 heteroatoms. The van der Waals surface area contributed by atoms with Gasteiger partial charge in [-0.25, -0.2) is 4.79 Å². The molecule has 0 aliphatic carbocycles. The quantitative estimate of drug-likeness (QED) is 0.679. The van der Waals surface area contributed by atoms with Crippen LogP contribution in [0.1, 0.15) is 20.7 Å². The first-order valence-electron chi connectivity index (χ1n) is 5.24. The molecule has 0 unspecified atom stereocenters. The molecule has 19 heavy (non-hydrogen) atoms. The molecule has 0 spiro atoms. The number of aromatic carboxylic acids is 2. The number of hydrogen-bond acceptors (Lipinski definition) is 3. The third-order valence-corrected chi connectivity index (χ3v) is 2.59. The van der Waals surface area contributed by atoms with Gasteiger partial charge in [0.25, 0.3) is 0 Å². The average Bonchev–Trinajstić information content (AvgIpc) is 2.38. The zero-order valence-electron chi connectivity index (χ0n) is 10.3. The van der Waals surface area contributed by atoms with Crippen LogP contribution >= 0.6 is 0 Å². The average molecular weight is 264 g/mol. The van der Waals surface area contributed by atoms with Crippen LogP contribution in [0.15, 0.2) is 48.5 Å². The second-order valence-electron chi connectivity index (χ2n) is 3.68. The molecule has 0 saturated heterocycles. The Morgan fingerprint density at radius 1 is 0.842 bits per heavy atom. The second-order valence-corrected chi connectivity index (χ2v) is 3.68. The van der Waals surface area contributed by atoms with Crippen molar-refractivity contribution in [3.8, 4) is 11.1 Å². The van der Waals surface area contributed by atoms with E-state index in [-0.39, 0.29) is 40.7 Å². The van der Waals surface area contributed by atoms with Crippen LogP contribution in [0.2, 0.25) is 0 Å². The zero-order valence-corrected chi connectivity index (χ0v) is 12.3. The van der Waals surface area contributed by atoms with Crippen molar-refractivity contribution in [2.45, 2.75) is 0 Å². The van der Waals surface area contributed by atoms with Gasteiger partial charge in [-0.3, -0.25) is 0 Å². The van der Waals surface area contributed by atoms with Gasteiger partial charge >= 0.3 is 35.5 Å². The molecular formula is C14H9NaO4. The molecule has 0 amide bonds. The van der Waals surface area contributed by atoms with E-state index in [0.29, 0.717) is 11.1 Å². The molecule has 2 aromatic rings. The molecular weight excluding hydrogens is 255 g/mol. The molecule has 0 heterocycles. The van der Waals surface area contributed by atoms with Gasteiger partial charge in [-0.15, -0.1) is 0 Å². The minimum absolute atomic E-state index is 0. The Kier molecular flexibility index (Phi) is 5.30. The first kappa shape index (κ1) is 15.4. The van der Waals surface area contributed by atoms with Crippen LogP contribution in [0.5, 0.6) is 0 Å². The van der Waals surface area contributed by atoms with E-state index in [2.05, 4.69) is 0 Å². The summed E-state index contributed by atoms with van der Waals surface area (Å²) in [7, 11) is 0. The molecule has 0 bridgehead atoms. The summed E-state index contributed by atoms with van der Waals surface area (Å²) in [6.45, 7) is 0. The molecule has 2 aromatic carbocycles. The Hall–Kier alpha value is -1.62. The molecule has 2 rings (SSSR count). The smallest absolute Gasteiger partial charge is 0.545 e. The van der Waals surface area contributed by atoms with Gasteiger partial charge in [0.05, 0.1) is 11.5 Å². The molecule has 4 nitrogen and oxygen atoms in total. The van der Waals surface area contributed by atoms with Gasteiger partial charge in [0.2, 0.25) is 0 Å². The molecule has 0 atom stereocenters. The van der Waals surface area contributed by atoms with Crippen LogP contribution in [0, 0.1) is 0 Å². The fourth-order valence-corrected chi connectivity index (χ4v) is 1.80. The maximum absolute atomic E-state index is 11.1. The van der Waals surface area contributed by atoms with E-state index in [9.17, 15) is 14.7 Å². The van der Waals surface area contributed by atoms with E-state index in [1.807, 2.05) is 0 Å². The van der Waals surface area contributed by atoms with Crippen molar-refractivity contribution >= 4 is 11.9 Å². The maximum atomic E-state index is 11.1. The van der Waals surface area contributed by atoms with Crippen molar-refractivity contribution in [3.05, 3.63) is 59.7 Å². The molecule has 0 radical (unpaired) electrons. The fourth-order valence-electron chi connectivity index (χ4n) is 1.80. The van der Waals surface area contributed by atoms with Gasteiger partial charge in [0.1, 0.15) is 0 Å². The summed E-state index contributed by atoms with van der Waals surface area (Å²) < 4.78 is 0. The summed E-state index contributed by atoms with van der Waals surface area (Å²) in [5.41, 5.74) is 0.748. The van der Waals surface area contributed by atoms with Gasteiger partial charge in [0.15, 0.2) is 0 Å². The van der Waals surface area contributed by atoms with Gasteiger partial charge in [-0.1, -0.05) is 42.5 Å². The van der Waals surface area contributed by atoms with Crippen molar-refractivity contribution in [2.75, 3.05) is 0 Å². The van der Waals surface area contributed by atoms with Gasteiger partial charge in [-0.2, -0.15) is 0 Å². The van der Waals surface area contributed by atoms with E-state index in [0.717, 1.165) is 0 Å². The second kappa shape index (κ2) is 6.52. The fraction of sp³-hybridized carbons (Fsp3) is 0. The maximum Gasteiger partial charge on any atom is 1.00 e. The Morgan fingerprint density at radius 3 is 1.74 bits per heavy atom. The predicted molar refractivity (Wildman–Crippen MR) is 63.2 cm³/mol. The molecule has 0 aliphatic heterocycles. The van der Waals surface area contributed by atoms with Gasteiger partial charge in [0, 0.05) is 5.56 Å². The van der Waals surface area contributed by atoms with Crippen LogP contribution in [0.3, 0.4) is 0 Å². The predicted octanol–water partition coefficient (Wildman–Crippen LogP) is -1.58. The number of carbonyl (C=O) groups is 2. The van der Waals surface area contributed by atoms with Crippen LogP contribution in [0.4, 0.5) is 0 Å². The zero-order chi connectivity index (χ0) is 13.1. The normalized spacial score (nSPS) is 9.47. The van der Waals surface area contributed by atoms with Crippen molar-refractivity contribution in [2.24, 2.45) is 0 Å². The number of carbonyl (C=O) groups excluding carboxylic acids is 1. The minimum Gasteiger partial charge on any atom is -0.545 e. The van der Waals surface area contributed by atoms with Crippen LogP contribution in [0.25, 0.3) is 11.1 Å². The van der Waals surface area contributed by atoms with Gasteiger partial charge in [-0.05, 0) is 17.2 Å². The number of benzene rings is 2. The molecule has 0 fully saturated rings. The Morgan fingerprint density at radius 2 is 1.26 bits per heavy atom. The first-order chi connectivity index (χ1) is 8.61. The van der Waals surface area contributed by atoms with Crippen LogP contribution in [-0.2, 0) is 0 Å². The molecule has 1 N–H and O–H groups in total. The summed E-state index contributed by atoms with van der Waals surface area (Å²) in [4.78, 5) is 22.1. The largest absolute Gasteiger partial charge is 1.00 e. The number of hydrogen-bond donors (Lipinski definition) is 1. The van der Waals surface area contributed by atoms with E-state index < -0.39 is 11.9 Å². The molecule has 0 aromatic heterocycles. The van der Waals surface area contributed by atoms with Crippen LogP contribution < -0.4 is 34.7 Å². The monoisotopic (exact) mass is 264 g/mol. The van der Waals surface area contributed by atoms with E-state index >= 15 is 0 Å². The van der Waals surface area contributed by atoms with E-state index in [1.165, 1.54) is 12.1 Å². The third kappa shape index (κ3) is 3.23. The first-order valence-corrected chi connectivity index (χ1v) is 5.24. The summed E-state index contributed by atoms with van der Waals surface area (Å²) in [6, 6.07) is 12.4. The Balaban J connectivity index is 0.00000180. The van der Waals surface area contributed by atoms with Crippen LogP contribution in [-0.4, -0.2) is 17.0 Å². The van der Waals surface area contributed by atoms with Crippen molar-refractivity contribution in [1.82, 2.24) is 0 Å². The van der Waals surface area contributed by atoms with E-state index in [1.54, 1.807) is 36.4 Å². The third-order valence-electron chi connectivity index (χ3n) is 2.59. The standard InChI is InChI=1S/C14H10O4.Na/c15-13(16)11-7-3-1-5-9(11)10-6-2-4-8-12(10)14(17)18;/h1-8H,(H,15,16)(H,17,18);/q;+1/p-1. The molecule has 0 saturated carbocycles. The topological polar surface area (TPSA) is 77.4 Å². The molecule has 0 aliphatic rings. The number of carboxylic acids is 2. The molecule has 90 valence electrons.